The number of aryl methyl sites for hydroxylation is 1. The third-order valence-electron chi connectivity index (χ3n) is 4.99. The van der Waals surface area contributed by atoms with Crippen LogP contribution in [0, 0.1) is 12.8 Å². The van der Waals surface area contributed by atoms with Crippen LogP contribution in [0.4, 0.5) is 0 Å². The lowest BCUT2D eigenvalue weighted by atomic mass is 10.0. The molecular formula is C20H31N3O5S2. The van der Waals surface area contributed by atoms with Gasteiger partial charge in [-0.05, 0) is 51.2 Å². The molecule has 2 N–H and O–H groups in total. The molecule has 1 unspecified atom stereocenters. The highest BCUT2D eigenvalue weighted by atomic mass is 32.2. The summed E-state index contributed by atoms with van der Waals surface area (Å²) in [5.74, 6) is -0.985. The lowest BCUT2D eigenvalue weighted by Gasteiger charge is -2.23. The number of rotatable bonds is 8. The molecular weight excluding hydrogens is 426 g/mol. The number of amides is 2. The molecule has 1 aromatic heterocycles. The highest BCUT2D eigenvalue weighted by Crippen LogP contribution is 2.17. The molecule has 2 atom stereocenters. The fourth-order valence-corrected chi connectivity index (χ4v) is 5.20. The molecule has 1 saturated heterocycles. The fourth-order valence-electron chi connectivity index (χ4n) is 3.33. The maximum atomic E-state index is 12.9. The molecule has 168 valence electrons. The minimum Gasteiger partial charge on any atom is -0.344 e. The first kappa shape index (κ1) is 24.5. The second-order valence-electron chi connectivity index (χ2n) is 7.97. The van der Waals surface area contributed by atoms with Crippen molar-refractivity contribution in [1.29, 1.82) is 0 Å². The molecule has 8 nitrogen and oxygen atoms in total. The molecule has 0 bridgehead atoms. The van der Waals surface area contributed by atoms with Gasteiger partial charge in [0.1, 0.15) is 6.04 Å². The number of nitrogens with zero attached hydrogens (tertiary/aromatic N) is 1. The van der Waals surface area contributed by atoms with E-state index in [1.807, 2.05) is 26.8 Å². The number of hydrogen-bond donors (Lipinski definition) is 2. The molecule has 2 rings (SSSR count). The largest absolute Gasteiger partial charge is 0.344 e. The molecule has 2 heterocycles. The molecule has 0 aromatic carbocycles. The van der Waals surface area contributed by atoms with E-state index in [0.717, 1.165) is 4.88 Å². The zero-order valence-corrected chi connectivity index (χ0v) is 19.6. The van der Waals surface area contributed by atoms with Crippen LogP contribution in [-0.4, -0.2) is 61.2 Å². The van der Waals surface area contributed by atoms with Crippen molar-refractivity contribution in [3.63, 3.8) is 0 Å². The van der Waals surface area contributed by atoms with E-state index in [1.165, 1.54) is 22.6 Å². The number of carbonyl (C=O) groups excluding carboxylic acids is 3. The van der Waals surface area contributed by atoms with Crippen molar-refractivity contribution in [1.82, 2.24) is 14.9 Å². The van der Waals surface area contributed by atoms with Gasteiger partial charge in [0.2, 0.25) is 15.9 Å². The first-order chi connectivity index (χ1) is 14.0. The molecule has 1 aliphatic rings. The third kappa shape index (κ3) is 6.61. The Labute approximate surface area is 182 Å². The Morgan fingerprint density at radius 1 is 1.30 bits per heavy atom. The van der Waals surface area contributed by atoms with Crippen molar-refractivity contribution < 1.29 is 22.8 Å². The third-order valence-corrected chi connectivity index (χ3v) is 7.82. The average Bonchev–Trinajstić information content (AvgIpc) is 3.02. The van der Waals surface area contributed by atoms with Gasteiger partial charge in [0.05, 0.1) is 23.2 Å². The Morgan fingerprint density at radius 2 is 2.00 bits per heavy atom. The van der Waals surface area contributed by atoms with Gasteiger partial charge in [-0.1, -0.05) is 13.8 Å². The monoisotopic (exact) mass is 457 g/mol. The molecule has 0 radical (unpaired) electrons. The maximum absolute atomic E-state index is 12.9. The van der Waals surface area contributed by atoms with Crippen molar-refractivity contribution in [3.05, 3.63) is 21.9 Å². The van der Waals surface area contributed by atoms with Gasteiger partial charge in [0.25, 0.3) is 5.91 Å². The van der Waals surface area contributed by atoms with Crippen LogP contribution in [0.25, 0.3) is 0 Å². The van der Waals surface area contributed by atoms with Crippen molar-refractivity contribution >= 4 is 39.0 Å². The first-order valence-electron chi connectivity index (χ1n) is 10.2. The van der Waals surface area contributed by atoms with Gasteiger partial charge in [-0.15, -0.1) is 11.3 Å². The fraction of sp³-hybridized carbons (Fsp3) is 0.650. The Morgan fingerprint density at radius 3 is 2.57 bits per heavy atom. The quantitative estimate of drug-likeness (QED) is 0.617. The van der Waals surface area contributed by atoms with E-state index in [9.17, 15) is 22.8 Å². The summed E-state index contributed by atoms with van der Waals surface area (Å²) in [5, 5.41) is 5.53. The molecule has 0 spiro atoms. The summed E-state index contributed by atoms with van der Waals surface area (Å²) in [6, 6.07) is 2.03. The molecule has 1 fully saturated rings. The lowest BCUT2D eigenvalue weighted by molar-refractivity contribution is -0.129. The first-order valence-corrected chi connectivity index (χ1v) is 12.6. The number of ketones is 1. The predicted molar refractivity (Wildman–Crippen MR) is 117 cm³/mol. The number of nitrogens with one attached hydrogen (secondary N) is 2. The van der Waals surface area contributed by atoms with Crippen LogP contribution in [0.15, 0.2) is 12.1 Å². The van der Waals surface area contributed by atoms with Crippen molar-refractivity contribution in [2.75, 3.05) is 18.8 Å². The smallest absolute Gasteiger partial charge is 0.262 e. The van der Waals surface area contributed by atoms with E-state index < -0.39 is 28.0 Å². The van der Waals surface area contributed by atoms with Crippen LogP contribution in [0.5, 0.6) is 0 Å². The van der Waals surface area contributed by atoms with E-state index >= 15 is 0 Å². The summed E-state index contributed by atoms with van der Waals surface area (Å²) in [6.07, 6.45) is 1.28. The number of hydrogen-bond acceptors (Lipinski definition) is 6. The minimum atomic E-state index is -3.46. The van der Waals surface area contributed by atoms with Crippen molar-refractivity contribution in [3.8, 4) is 0 Å². The summed E-state index contributed by atoms with van der Waals surface area (Å²) in [5.41, 5.74) is 0. The van der Waals surface area contributed by atoms with Gasteiger partial charge >= 0.3 is 0 Å². The number of thiophene rings is 1. The average molecular weight is 458 g/mol. The van der Waals surface area contributed by atoms with Crippen molar-refractivity contribution in [2.24, 2.45) is 5.92 Å². The predicted octanol–water partition coefficient (Wildman–Crippen LogP) is 1.70. The van der Waals surface area contributed by atoms with Gasteiger partial charge in [-0.2, -0.15) is 4.31 Å². The topological polar surface area (TPSA) is 113 Å². The van der Waals surface area contributed by atoms with Gasteiger partial charge in [-0.25, -0.2) is 8.42 Å². The standard InChI is InChI=1S/C20H31N3O5S2/c1-5-30(27,28)23-10-6-7-15(17(24)12-23)21-19(25)16(11-13(2)3)22-20(26)18-9-8-14(4)29-18/h8-9,13,15-16H,5-7,10-12H2,1-4H3,(H,21,25)(H,22,26)/t15-,16?/m0/s1. The number of carbonyl (C=O) groups is 3. The summed E-state index contributed by atoms with van der Waals surface area (Å²) in [6.45, 7) is 7.37. The van der Waals surface area contributed by atoms with E-state index in [4.69, 9.17) is 0 Å². The Kier molecular flexibility index (Phi) is 8.57. The minimum absolute atomic E-state index is 0.0675. The van der Waals surface area contributed by atoms with Gasteiger partial charge in [0, 0.05) is 11.4 Å². The second-order valence-corrected chi connectivity index (χ2v) is 11.5. The zero-order chi connectivity index (χ0) is 22.5. The van der Waals surface area contributed by atoms with E-state index in [1.54, 1.807) is 6.07 Å². The number of Topliss-reactive ketones (excluding diaryl/α,β-unsaturated/α-hetero) is 1. The molecule has 0 saturated carbocycles. The van der Waals surface area contributed by atoms with Gasteiger partial charge < -0.3 is 10.6 Å². The van der Waals surface area contributed by atoms with Gasteiger partial charge in [0.15, 0.2) is 5.78 Å². The zero-order valence-electron chi connectivity index (χ0n) is 17.9. The van der Waals surface area contributed by atoms with Crippen LogP contribution in [-0.2, 0) is 19.6 Å². The van der Waals surface area contributed by atoms with E-state index in [-0.39, 0.29) is 36.5 Å². The van der Waals surface area contributed by atoms with Crippen molar-refractivity contribution in [2.45, 2.75) is 59.0 Å². The number of sulfonamides is 1. The molecule has 1 aromatic rings. The van der Waals surface area contributed by atoms with Crippen LogP contribution in [0.3, 0.4) is 0 Å². The molecule has 1 aliphatic heterocycles. The highest BCUT2D eigenvalue weighted by Gasteiger charge is 2.33. The highest BCUT2D eigenvalue weighted by molar-refractivity contribution is 7.89. The summed E-state index contributed by atoms with van der Waals surface area (Å²) in [7, 11) is -3.46. The summed E-state index contributed by atoms with van der Waals surface area (Å²) < 4.78 is 25.4. The van der Waals surface area contributed by atoms with Gasteiger partial charge in [-0.3, -0.25) is 14.4 Å². The Balaban J connectivity index is 2.07. The van der Waals surface area contributed by atoms with E-state index in [0.29, 0.717) is 24.1 Å². The second kappa shape index (κ2) is 10.5. The molecule has 2 amide bonds. The Hall–Kier alpha value is -1.78. The molecule has 30 heavy (non-hydrogen) atoms. The Bertz CT molecular complexity index is 879. The summed E-state index contributed by atoms with van der Waals surface area (Å²) >= 11 is 1.35. The summed E-state index contributed by atoms with van der Waals surface area (Å²) in [4.78, 5) is 39.6. The van der Waals surface area contributed by atoms with Crippen LogP contribution in [0.2, 0.25) is 0 Å². The van der Waals surface area contributed by atoms with E-state index in [2.05, 4.69) is 10.6 Å². The molecule has 0 aliphatic carbocycles. The van der Waals surface area contributed by atoms with Crippen LogP contribution >= 0.6 is 11.3 Å². The lowest BCUT2D eigenvalue weighted by Crippen LogP contribution is -2.52. The maximum Gasteiger partial charge on any atom is 0.262 e. The van der Waals surface area contributed by atoms with Crippen LogP contribution in [0.1, 0.15) is 54.6 Å². The van der Waals surface area contributed by atoms with Crippen LogP contribution < -0.4 is 10.6 Å². The molecule has 10 heteroatoms. The SMILES string of the molecule is CCS(=O)(=O)N1CCC[C@H](NC(=O)C(CC(C)C)NC(=O)c2ccc(C)s2)C(=O)C1. The normalized spacial score (nSPS) is 19.4.